The number of carboxylic acid groups (broad SMARTS) is 1. The number of aliphatic carboxylic acids is 1. The van der Waals surface area contributed by atoms with E-state index >= 15 is 0 Å². The van der Waals surface area contributed by atoms with E-state index in [9.17, 15) is 14.3 Å². The smallest absolute Gasteiger partial charge is 0.329 e. The molecule has 5 heteroatoms. The van der Waals surface area contributed by atoms with Crippen molar-refractivity contribution in [3.63, 3.8) is 0 Å². The number of carbonyl (C=O) groups is 1. The molecule has 4 nitrogen and oxygen atoms in total. The van der Waals surface area contributed by atoms with Gasteiger partial charge in [-0.05, 0) is 31.5 Å². The molecule has 96 valence electrons. The van der Waals surface area contributed by atoms with Crippen LogP contribution in [0.4, 0.5) is 10.1 Å². The molecule has 0 spiro atoms. The van der Waals surface area contributed by atoms with Crippen molar-refractivity contribution in [2.75, 3.05) is 5.32 Å². The van der Waals surface area contributed by atoms with Gasteiger partial charge in [0.2, 0.25) is 0 Å². The van der Waals surface area contributed by atoms with Crippen LogP contribution in [0.3, 0.4) is 0 Å². The molecule has 0 aliphatic carbocycles. The molecule has 1 unspecified atom stereocenters. The summed E-state index contributed by atoms with van der Waals surface area (Å²) in [7, 11) is 0. The maximum Gasteiger partial charge on any atom is 0.329 e. The van der Waals surface area contributed by atoms with Crippen LogP contribution < -0.4 is 5.32 Å². The average Bonchev–Trinajstić information content (AvgIpc) is 2.31. The number of hydrogen-bond acceptors (Lipinski definition) is 3. The lowest BCUT2D eigenvalue weighted by Crippen LogP contribution is -2.43. The van der Waals surface area contributed by atoms with Crippen molar-refractivity contribution in [1.82, 2.24) is 0 Å². The molecule has 0 radical (unpaired) electrons. The van der Waals surface area contributed by atoms with E-state index in [1.165, 1.54) is 12.1 Å². The molecule has 0 fully saturated rings. The van der Waals surface area contributed by atoms with Crippen LogP contribution in [-0.2, 0) is 4.79 Å². The molecule has 18 heavy (non-hydrogen) atoms. The van der Waals surface area contributed by atoms with Crippen LogP contribution in [0.1, 0.15) is 32.3 Å². The first-order valence-electron chi connectivity index (χ1n) is 5.64. The third kappa shape index (κ3) is 2.98. The van der Waals surface area contributed by atoms with Crippen LogP contribution in [0.25, 0.3) is 0 Å². The van der Waals surface area contributed by atoms with Gasteiger partial charge in [0.1, 0.15) is 17.4 Å². The highest BCUT2D eigenvalue weighted by atomic mass is 19.1. The Morgan fingerprint density at radius 1 is 1.61 bits per heavy atom. The molecule has 1 aromatic rings. The Bertz CT molecular complexity index is 496. The minimum absolute atomic E-state index is 0.0959. The van der Waals surface area contributed by atoms with E-state index < -0.39 is 17.3 Å². The zero-order valence-electron chi connectivity index (χ0n) is 10.3. The van der Waals surface area contributed by atoms with Crippen LogP contribution in [0.5, 0.6) is 0 Å². The quantitative estimate of drug-likeness (QED) is 0.842. The third-order valence-corrected chi connectivity index (χ3v) is 2.73. The number of benzene rings is 1. The number of anilines is 1. The molecular formula is C13H15FN2O2. The van der Waals surface area contributed by atoms with Crippen molar-refractivity contribution in [2.45, 2.75) is 32.2 Å². The normalized spacial score (nSPS) is 13.4. The number of hydrogen-bond donors (Lipinski definition) is 2. The van der Waals surface area contributed by atoms with Crippen molar-refractivity contribution in [2.24, 2.45) is 0 Å². The molecule has 0 amide bonds. The molecule has 0 bridgehead atoms. The van der Waals surface area contributed by atoms with Crippen LogP contribution in [-0.4, -0.2) is 16.6 Å². The Morgan fingerprint density at radius 3 is 2.78 bits per heavy atom. The SMILES string of the molecule is CCCC(C)(Nc1ccc(F)cc1C#N)C(=O)O. The molecular weight excluding hydrogens is 235 g/mol. The molecule has 0 heterocycles. The number of halogens is 1. The van der Waals surface area contributed by atoms with Gasteiger partial charge in [-0.1, -0.05) is 13.3 Å². The largest absolute Gasteiger partial charge is 0.480 e. The topological polar surface area (TPSA) is 73.1 Å². The van der Waals surface area contributed by atoms with Gasteiger partial charge in [-0.25, -0.2) is 9.18 Å². The Kier molecular flexibility index (Phi) is 4.27. The van der Waals surface area contributed by atoms with Crippen LogP contribution in [0.2, 0.25) is 0 Å². The predicted molar refractivity (Wildman–Crippen MR) is 65.7 cm³/mol. The van der Waals surface area contributed by atoms with Gasteiger partial charge in [-0.15, -0.1) is 0 Å². The summed E-state index contributed by atoms with van der Waals surface area (Å²) in [6.07, 6.45) is 1.09. The second kappa shape index (κ2) is 5.50. The van der Waals surface area contributed by atoms with Gasteiger partial charge < -0.3 is 10.4 Å². The van der Waals surface area contributed by atoms with Crippen LogP contribution in [0.15, 0.2) is 18.2 Å². The van der Waals surface area contributed by atoms with Gasteiger partial charge >= 0.3 is 5.97 Å². The van der Waals surface area contributed by atoms with E-state index in [4.69, 9.17) is 5.26 Å². The first kappa shape index (κ1) is 14.0. The van der Waals surface area contributed by atoms with E-state index in [2.05, 4.69) is 5.32 Å². The molecule has 1 atom stereocenters. The molecule has 0 aliphatic heterocycles. The monoisotopic (exact) mass is 250 g/mol. The van der Waals surface area contributed by atoms with Gasteiger partial charge in [-0.2, -0.15) is 5.26 Å². The van der Waals surface area contributed by atoms with E-state index in [1.807, 2.05) is 13.0 Å². The van der Waals surface area contributed by atoms with E-state index in [0.29, 0.717) is 18.5 Å². The highest BCUT2D eigenvalue weighted by molar-refractivity contribution is 5.83. The summed E-state index contributed by atoms with van der Waals surface area (Å²) in [5, 5.41) is 20.9. The van der Waals surface area contributed by atoms with Crippen molar-refractivity contribution in [3.8, 4) is 6.07 Å². The van der Waals surface area contributed by atoms with Crippen LogP contribution in [0, 0.1) is 17.1 Å². The summed E-state index contributed by atoms with van der Waals surface area (Å²) in [4.78, 5) is 11.3. The van der Waals surface area contributed by atoms with E-state index in [-0.39, 0.29) is 5.56 Å². The van der Waals surface area contributed by atoms with Crippen molar-refractivity contribution >= 4 is 11.7 Å². The summed E-state index contributed by atoms with van der Waals surface area (Å²) in [6.45, 7) is 3.42. The van der Waals surface area contributed by atoms with Gasteiger partial charge in [0.15, 0.2) is 0 Å². The first-order chi connectivity index (χ1) is 8.42. The lowest BCUT2D eigenvalue weighted by atomic mass is 9.95. The first-order valence-corrected chi connectivity index (χ1v) is 5.64. The van der Waals surface area contributed by atoms with Crippen molar-refractivity contribution in [1.29, 1.82) is 5.26 Å². The van der Waals surface area contributed by atoms with Gasteiger partial charge in [0.25, 0.3) is 0 Å². The molecule has 0 aliphatic rings. The maximum absolute atomic E-state index is 13.0. The summed E-state index contributed by atoms with van der Waals surface area (Å²) < 4.78 is 13.0. The Morgan fingerprint density at radius 2 is 2.28 bits per heavy atom. The van der Waals surface area contributed by atoms with E-state index in [0.717, 1.165) is 6.07 Å². The maximum atomic E-state index is 13.0. The molecule has 1 aromatic carbocycles. The summed E-state index contributed by atoms with van der Waals surface area (Å²) in [5.41, 5.74) is -0.742. The van der Waals surface area contributed by atoms with Crippen molar-refractivity contribution in [3.05, 3.63) is 29.6 Å². The molecule has 0 saturated carbocycles. The fourth-order valence-electron chi connectivity index (χ4n) is 1.74. The Labute approximate surface area is 105 Å². The molecule has 2 N–H and O–H groups in total. The van der Waals surface area contributed by atoms with Gasteiger partial charge in [-0.3, -0.25) is 0 Å². The third-order valence-electron chi connectivity index (χ3n) is 2.73. The fraction of sp³-hybridized carbons (Fsp3) is 0.385. The van der Waals surface area contributed by atoms with Crippen LogP contribution >= 0.6 is 0 Å². The standard InChI is InChI=1S/C13H15FN2O2/c1-3-6-13(2,12(17)18)16-11-5-4-10(14)7-9(11)8-15/h4-5,7,16H,3,6H2,1-2H3,(H,17,18). The summed E-state index contributed by atoms with van der Waals surface area (Å²) in [5.74, 6) is -1.53. The minimum Gasteiger partial charge on any atom is -0.480 e. The molecule has 0 aromatic heterocycles. The number of carboxylic acids is 1. The Balaban J connectivity index is 3.09. The van der Waals surface area contributed by atoms with Crippen molar-refractivity contribution < 1.29 is 14.3 Å². The lowest BCUT2D eigenvalue weighted by molar-refractivity contribution is -0.141. The zero-order valence-corrected chi connectivity index (χ0v) is 10.3. The second-order valence-corrected chi connectivity index (χ2v) is 4.31. The highest BCUT2D eigenvalue weighted by Gasteiger charge is 2.32. The molecule has 1 rings (SSSR count). The summed E-state index contributed by atoms with van der Waals surface area (Å²) in [6, 6.07) is 5.50. The number of rotatable bonds is 5. The lowest BCUT2D eigenvalue weighted by Gasteiger charge is -2.27. The average molecular weight is 250 g/mol. The minimum atomic E-state index is -1.17. The number of nitrogens with one attached hydrogen (secondary N) is 1. The zero-order chi connectivity index (χ0) is 13.8. The highest BCUT2D eigenvalue weighted by Crippen LogP contribution is 2.24. The van der Waals surface area contributed by atoms with E-state index in [1.54, 1.807) is 6.92 Å². The predicted octanol–water partition coefficient (Wildman–Crippen LogP) is 2.75. The molecule has 0 saturated heterocycles. The van der Waals surface area contributed by atoms with Gasteiger partial charge in [0.05, 0.1) is 11.3 Å². The van der Waals surface area contributed by atoms with Gasteiger partial charge in [0, 0.05) is 0 Å². The number of nitriles is 1. The second-order valence-electron chi connectivity index (χ2n) is 4.31. The fourth-order valence-corrected chi connectivity index (χ4v) is 1.74. The number of nitrogens with zero attached hydrogens (tertiary/aromatic N) is 1. The Hall–Kier alpha value is -2.09. The summed E-state index contributed by atoms with van der Waals surface area (Å²) >= 11 is 0.